The van der Waals surface area contributed by atoms with Gasteiger partial charge in [-0.1, -0.05) is 12.2 Å². The molecular formula is C9H10F2N2O2S2. The maximum absolute atomic E-state index is 13.2. The molecule has 17 heavy (non-hydrogen) atoms. The van der Waals surface area contributed by atoms with Gasteiger partial charge in [0.25, 0.3) is 0 Å². The van der Waals surface area contributed by atoms with Crippen LogP contribution in [0.4, 0.5) is 14.5 Å². The Balaban J connectivity index is 3.02. The van der Waals surface area contributed by atoms with Crippen molar-refractivity contribution >= 4 is 32.9 Å². The molecule has 8 heteroatoms. The Morgan fingerprint density at radius 2 is 2.06 bits per heavy atom. The van der Waals surface area contributed by atoms with Crippen molar-refractivity contribution in [2.45, 2.75) is 12.2 Å². The second kappa shape index (κ2) is 4.92. The zero-order valence-electron chi connectivity index (χ0n) is 8.78. The molecule has 0 saturated carbocycles. The number of hydrogen-bond acceptors (Lipinski definition) is 3. The summed E-state index contributed by atoms with van der Waals surface area (Å²) in [7, 11) is -3.93. The van der Waals surface area contributed by atoms with E-state index in [1.807, 2.05) is 4.72 Å². The van der Waals surface area contributed by atoms with Crippen molar-refractivity contribution in [3.05, 3.63) is 29.8 Å². The molecule has 1 aromatic carbocycles. The minimum atomic E-state index is -3.93. The molecule has 0 aromatic heterocycles. The van der Waals surface area contributed by atoms with Gasteiger partial charge in [-0.2, -0.15) is 0 Å². The number of nitrogens with two attached hydrogens (primary N) is 1. The molecule has 0 fully saturated rings. The zero-order valence-corrected chi connectivity index (χ0v) is 10.4. The summed E-state index contributed by atoms with van der Waals surface area (Å²) in [5.41, 5.74) is 4.84. The normalized spacial score (nSPS) is 13.1. The molecule has 0 aliphatic carbocycles. The van der Waals surface area contributed by atoms with Crippen LogP contribution < -0.4 is 10.5 Å². The van der Waals surface area contributed by atoms with Gasteiger partial charge in [-0.15, -0.1) is 0 Å². The highest BCUT2D eigenvalue weighted by atomic mass is 32.2. The fourth-order valence-corrected chi connectivity index (χ4v) is 2.30. The SMILES string of the molecule is CC(C(N)=S)S(=O)(=O)Nc1ccc(F)cc1F. The van der Waals surface area contributed by atoms with Crippen LogP contribution >= 0.6 is 12.2 Å². The Hall–Kier alpha value is -1.28. The first-order valence-corrected chi connectivity index (χ1v) is 6.45. The number of halogens is 2. The summed E-state index contributed by atoms with van der Waals surface area (Å²) in [6.45, 7) is 1.27. The second-order valence-corrected chi connectivity index (χ2v) is 5.79. The van der Waals surface area contributed by atoms with Gasteiger partial charge in [0.2, 0.25) is 10.0 Å². The Kier molecular flexibility index (Phi) is 3.99. The second-order valence-electron chi connectivity index (χ2n) is 3.32. The lowest BCUT2D eigenvalue weighted by atomic mass is 10.3. The van der Waals surface area contributed by atoms with Crippen molar-refractivity contribution in [2.75, 3.05) is 4.72 Å². The number of thiocarbonyl (C=S) groups is 1. The van der Waals surface area contributed by atoms with E-state index in [0.29, 0.717) is 6.07 Å². The first-order chi connectivity index (χ1) is 7.74. The van der Waals surface area contributed by atoms with Crippen molar-refractivity contribution in [1.29, 1.82) is 0 Å². The minimum Gasteiger partial charge on any atom is -0.392 e. The van der Waals surface area contributed by atoms with E-state index in [1.54, 1.807) is 0 Å². The molecule has 94 valence electrons. The lowest BCUT2D eigenvalue weighted by molar-refractivity contribution is 0.582. The highest BCUT2D eigenvalue weighted by molar-refractivity contribution is 7.95. The minimum absolute atomic E-state index is 0.236. The van der Waals surface area contributed by atoms with Gasteiger partial charge in [-0.05, 0) is 19.1 Å². The summed E-state index contributed by atoms with van der Waals surface area (Å²) in [5, 5.41) is -1.15. The third-order valence-electron chi connectivity index (χ3n) is 2.05. The Morgan fingerprint density at radius 1 is 1.47 bits per heavy atom. The van der Waals surface area contributed by atoms with Gasteiger partial charge in [-0.25, -0.2) is 17.2 Å². The fourth-order valence-electron chi connectivity index (χ4n) is 0.967. The molecular weight excluding hydrogens is 270 g/mol. The van der Waals surface area contributed by atoms with Crippen LogP contribution in [0.25, 0.3) is 0 Å². The van der Waals surface area contributed by atoms with Gasteiger partial charge in [-0.3, -0.25) is 4.72 Å². The van der Waals surface area contributed by atoms with Crippen LogP contribution in [-0.4, -0.2) is 18.7 Å². The number of sulfonamides is 1. The summed E-state index contributed by atoms with van der Waals surface area (Å²) >= 11 is 4.54. The highest BCUT2D eigenvalue weighted by Gasteiger charge is 2.24. The number of rotatable bonds is 4. The zero-order chi connectivity index (χ0) is 13.2. The standard InChI is InChI=1S/C9H10F2N2O2S2/c1-5(9(12)16)17(14,15)13-8-3-2-6(10)4-7(8)11/h2-5,13H,1H3,(H2,12,16). The largest absolute Gasteiger partial charge is 0.392 e. The molecule has 3 N–H and O–H groups in total. The van der Waals surface area contributed by atoms with Crippen LogP contribution in [0.15, 0.2) is 18.2 Å². The number of anilines is 1. The topological polar surface area (TPSA) is 72.2 Å². The Morgan fingerprint density at radius 3 is 2.53 bits per heavy atom. The summed E-state index contributed by atoms with van der Waals surface area (Å²) in [6.07, 6.45) is 0. The van der Waals surface area contributed by atoms with Gasteiger partial charge >= 0.3 is 0 Å². The number of nitrogens with one attached hydrogen (secondary N) is 1. The van der Waals surface area contributed by atoms with Crippen LogP contribution in [-0.2, 0) is 10.0 Å². The van der Waals surface area contributed by atoms with Crippen molar-refractivity contribution in [2.24, 2.45) is 5.73 Å². The van der Waals surface area contributed by atoms with Crippen LogP contribution in [0.3, 0.4) is 0 Å². The van der Waals surface area contributed by atoms with Crippen LogP contribution in [0.1, 0.15) is 6.92 Å². The molecule has 1 aromatic rings. The van der Waals surface area contributed by atoms with Crippen molar-refractivity contribution in [1.82, 2.24) is 0 Å². The van der Waals surface area contributed by atoms with Gasteiger partial charge in [0.05, 0.1) is 10.7 Å². The fraction of sp³-hybridized carbons (Fsp3) is 0.222. The maximum Gasteiger partial charge on any atom is 0.241 e. The maximum atomic E-state index is 13.2. The van der Waals surface area contributed by atoms with Gasteiger partial charge in [0.15, 0.2) is 0 Å². The quantitative estimate of drug-likeness (QED) is 0.817. The summed E-state index contributed by atoms with van der Waals surface area (Å²) < 4.78 is 51.1. The molecule has 0 bridgehead atoms. The van der Waals surface area contributed by atoms with E-state index in [0.717, 1.165) is 12.1 Å². The molecule has 1 atom stereocenters. The van der Waals surface area contributed by atoms with E-state index in [1.165, 1.54) is 6.92 Å². The summed E-state index contributed by atoms with van der Waals surface area (Å²) in [6, 6.07) is 2.49. The molecule has 0 aliphatic heterocycles. The summed E-state index contributed by atoms with van der Waals surface area (Å²) in [5.74, 6) is -1.81. The third kappa shape index (κ3) is 3.34. The number of benzene rings is 1. The molecule has 4 nitrogen and oxygen atoms in total. The van der Waals surface area contributed by atoms with Crippen LogP contribution in [0.5, 0.6) is 0 Å². The van der Waals surface area contributed by atoms with Gasteiger partial charge in [0, 0.05) is 6.07 Å². The lowest BCUT2D eigenvalue weighted by Gasteiger charge is -2.13. The molecule has 0 spiro atoms. The average Bonchev–Trinajstić information content (AvgIpc) is 2.21. The predicted molar refractivity (Wildman–Crippen MR) is 65.1 cm³/mol. The van der Waals surface area contributed by atoms with Crippen molar-refractivity contribution in [3.8, 4) is 0 Å². The van der Waals surface area contributed by atoms with Gasteiger partial charge < -0.3 is 5.73 Å². The van der Waals surface area contributed by atoms with E-state index in [2.05, 4.69) is 12.2 Å². The summed E-state index contributed by atoms with van der Waals surface area (Å²) in [4.78, 5) is -0.236. The van der Waals surface area contributed by atoms with E-state index in [-0.39, 0.29) is 10.7 Å². The first kappa shape index (κ1) is 13.8. The molecule has 0 saturated heterocycles. The molecule has 1 rings (SSSR count). The molecule has 0 aliphatic rings. The highest BCUT2D eigenvalue weighted by Crippen LogP contribution is 2.17. The lowest BCUT2D eigenvalue weighted by Crippen LogP contribution is -2.35. The molecule has 0 radical (unpaired) electrons. The Bertz CT molecular complexity index is 546. The van der Waals surface area contributed by atoms with E-state index in [4.69, 9.17) is 5.73 Å². The van der Waals surface area contributed by atoms with Crippen LogP contribution in [0.2, 0.25) is 0 Å². The van der Waals surface area contributed by atoms with Gasteiger partial charge in [0.1, 0.15) is 16.9 Å². The van der Waals surface area contributed by atoms with Crippen molar-refractivity contribution in [3.63, 3.8) is 0 Å². The Labute approximate surface area is 103 Å². The van der Waals surface area contributed by atoms with Crippen molar-refractivity contribution < 1.29 is 17.2 Å². The smallest absolute Gasteiger partial charge is 0.241 e. The third-order valence-corrected chi connectivity index (χ3v) is 4.24. The molecule has 0 heterocycles. The predicted octanol–water partition coefficient (Wildman–Crippen LogP) is 1.38. The molecule has 0 amide bonds. The number of hydrogen-bond donors (Lipinski definition) is 2. The average molecular weight is 280 g/mol. The van der Waals surface area contributed by atoms with E-state index in [9.17, 15) is 17.2 Å². The van der Waals surface area contributed by atoms with Crippen LogP contribution in [0, 0.1) is 11.6 Å². The molecule has 1 unspecified atom stereocenters. The van der Waals surface area contributed by atoms with E-state index >= 15 is 0 Å². The monoisotopic (exact) mass is 280 g/mol. The first-order valence-electron chi connectivity index (χ1n) is 4.50. The van der Waals surface area contributed by atoms with E-state index < -0.39 is 26.9 Å².